The minimum absolute atomic E-state index is 0.134. The minimum Gasteiger partial charge on any atom is -0.497 e. The summed E-state index contributed by atoms with van der Waals surface area (Å²) in [5.74, 6) is 0.475. The van der Waals surface area contributed by atoms with Crippen LogP contribution in [0.15, 0.2) is 47.4 Å². The van der Waals surface area contributed by atoms with Gasteiger partial charge in [0.1, 0.15) is 5.75 Å². The average Bonchev–Trinajstić information content (AvgIpc) is 2.69. The molecule has 2 aromatic carbocycles. The molecule has 0 atom stereocenters. The van der Waals surface area contributed by atoms with E-state index in [0.29, 0.717) is 35.0 Å². The second kappa shape index (κ2) is 7.88. The lowest BCUT2D eigenvalue weighted by molar-refractivity contribution is 0.0697. The van der Waals surface area contributed by atoms with E-state index < -0.39 is 10.0 Å². The molecule has 0 spiro atoms. The number of benzene rings is 2. The summed E-state index contributed by atoms with van der Waals surface area (Å²) >= 11 is 5.97. The molecule has 1 amide bonds. The third-order valence-corrected chi connectivity index (χ3v) is 6.89. The van der Waals surface area contributed by atoms with Crippen molar-refractivity contribution >= 4 is 27.5 Å². The first-order valence-corrected chi connectivity index (χ1v) is 10.3. The third-order valence-electron chi connectivity index (χ3n) is 4.61. The molecule has 1 heterocycles. The van der Waals surface area contributed by atoms with E-state index >= 15 is 0 Å². The summed E-state index contributed by atoms with van der Waals surface area (Å²) in [7, 11) is -2.10. The van der Waals surface area contributed by atoms with Gasteiger partial charge in [-0.2, -0.15) is 4.31 Å². The topological polar surface area (TPSA) is 66.9 Å². The fourth-order valence-electron chi connectivity index (χ4n) is 3.06. The number of piperazine rings is 1. The Bertz CT molecular complexity index is 954. The molecule has 1 saturated heterocycles. The van der Waals surface area contributed by atoms with Crippen LogP contribution in [0.1, 0.15) is 15.9 Å². The number of hydrogen-bond donors (Lipinski definition) is 0. The monoisotopic (exact) mass is 408 g/mol. The molecule has 144 valence electrons. The van der Waals surface area contributed by atoms with Gasteiger partial charge in [0, 0.05) is 36.8 Å². The third kappa shape index (κ3) is 4.10. The van der Waals surface area contributed by atoms with Crippen molar-refractivity contribution in [2.75, 3.05) is 33.3 Å². The van der Waals surface area contributed by atoms with Crippen LogP contribution >= 0.6 is 11.6 Å². The molecule has 1 aliphatic heterocycles. The molecule has 0 aromatic heterocycles. The van der Waals surface area contributed by atoms with Crippen LogP contribution in [-0.4, -0.2) is 56.8 Å². The Morgan fingerprint density at radius 3 is 2.44 bits per heavy atom. The molecular weight excluding hydrogens is 388 g/mol. The van der Waals surface area contributed by atoms with Gasteiger partial charge < -0.3 is 9.64 Å². The Morgan fingerprint density at radius 2 is 1.78 bits per heavy atom. The Morgan fingerprint density at radius 1 is 1.07 bits per heavy atom. The van der Waals surface area contributed by atoms with Gasteiger partial charge in [0.05, 0.1) is 12.0 Å². The van der Waals surface area contributed by atoms with Gasteiger partial charge >= 0.3 is 0 Å². The molecule has 6 nitrogen and oxygen atoms in total. The summed E-state index contributed by atoms with van der Waals surface area (Å²) in [5.41, 5.74) is 1.17. The van der Waals surface area contributed by atoms with Gasteiger partial charge in [-0.15, -0.1) is 0 Å². The van der Waals surface area contributed by atoms with Gasteiger partial charge in [0.25, 0.3) is 5.91 Å². The molecule has 0 radical (unpaired) electrons. The number of nitrogens with zero attached hydrogens (tertiary/aromatic N) is 2. The molecule has 0 unspecified atom stereocenters. The molecule has 3 rings (SSSR count). The molecule has 0 saturated carbocycles. The van der Waals surface area contributed by atoms with Gasteiger partial charge in [0.2, 0.25) is 10.0 Å². The SMILES string of the molecule is COc1cccc(C(=O)N2CCN(S(=O)(=O)c3cc(Cl)ccc3C)CC2)c1. The molecular formula is C19H21ClN2O4S. The highest BCUT2D eigenvalue weighted by Crippen LogP contribution is 2.25. The summed E-state index contributed by atoms with van der Waals surface area (Å²) < 4.78 is 32.4. The van der Waals surface area contributed by atoms with Crippen molar-refractivity contribution < 1.29 is 17.9 Å². The van der Waals surface area contributed by atoms with Crippen molar-refractivity contribution in [3.05, 3.63) is 58.6 Å². The van der Waals surface area contributed by atoms with E-state index in [1.165, 1.54) is 10.4 Å². The lowest BCUT2D eigenvalue weighted by Crippen LogP contribution is -2.50. The van der Waals surface area contributed by atoms with E-state index in [-0.39, 0.29) is 23.9 Å². The minimum atomic E-state index is -3.65. The Balaban J connectivity index is 1.73. The number of amides is 1. The Hall–Kier alpha value is -2.09. The van der Waals surface area contributed by atoms with Crippen LogP contribution in [0.3, 0.4) is 0 Å². The van der Waals surface area contributed by atoms with Crippen molar-refractivity contribution in [3.8, 4) is 5.75 Å². The van der Waals surface area contributed by atoms with E-state index in [0.717, 1.165) is 0 Å². The smallest absolute Gasteiger partial charge is 0.254 e. The van der Waals surface area contributed by atoms with Gasteiger partial charge in [-0.25, -0.2) is 8.42 Å². The fraction of sp³-hybridized carbons (Fsp3) is 0.316. The van der Waals surface area contributed by atoms with Crippen molar-refractivity contribution in [2.45, 2.75) is 11.8 Å². The number of methoxy groups -OCH3 is 1. The van der Waals surface area contributed by atoms with Gasteiger partial charge in [-0.3, -0.25) is 4.79 Å². The van der Waals surface area contributed by atoms with E-state index in [1.54, 1.807) is 55.3 Å². The van der Waals surface area contributed by atoms with Crippen molar-refractivity contribution in [1.29, 1.82) is 0 Å². The molecule has 1 fully saturated rings. The van der Waals surface area contributed by atoms with Crippen LogP contribution in [0.5, 0.6) is 5.75 Å². The molecule has 8 heteroatoms. The maximum atomic E-state index is 12.9. The lowest BCUT2D eigenvalue weighted by Gasteiger charge is -2.34. The molecule has 0 aliphatic carbocycles. The average molecular weight is 409 g/mol. The Kier molecular flexibility index (Phi) is 5.74. The number of rotatable bonds is 4. The van der Waals surface area contributed by atoms with E-state index in [2.05, 4.69) is 0 Å². The largest absolute Gasteiger partial charge is 0.497 e. The summed E-state index contributed by atoms with van der Waals surface area (Å²) in [5, 5.41) is 0.381. The first-order chi connectivity index (χ1) is 12.8. The lowest BCUT2D eigenvalue weighted by atomic mass is 10.1. The predicted molar refractivity (Wildman–Crippen MR) is 104 cm³/mol. The maximum Gasteiger partial charge on any atom is 0.254 e. The zero-order valence-corrected chi connectivity index (χ0v) is 16.8. The zero-order valence-electron chi connectivity index (χ0n) is 15.2. The standard InChI is InChI=1S/C19H21ClN2O4S/c1-14-6-7-16(20)13-18(14)27(24,25)22-10-8-21(9-11-22)19(23)15-4-3-5-17(12-15)26-2/h3-7,12-13H,8-11H2,1-2H3. The molecule has 0 N–H and O–H groups in total. The maximum absolute atomic E-state index is 12.9. The van der Waals surface area contributed by atoms with Crippen LogP contribution in [-0.2, 0) is 10.0 Å². The highest BCUT2D eigenvalue weighted by Gasteiger charge is 2.31. The summed E-state index contributed by atoms with van der Waals surface area (Å²) in [4.78, 5) is 14.5. The van der Waals surface area contributed by atoms with Gasteiger partial charge in [-0.05, 0) is 42.8 Å². The number of ether oxygens (including phenoxy) is 1. The van der Waals surface area contributed by atoms with Crippen molar-refractivity contribution in [2.24, 2.45) is 0 Å². The first-order valence-electron chi connectivity index (χ1n) is 8.52. The number of carbonyl (C=O) groups is 1. The first kappa shape index (κ1) is 19.7. The van der Waals surface area contributed by atoms with E-state index in [9.17, 15) is 13.2 Å². The highest BCUT2D eigenvalue weighted by atomic mass is 35.5. The van der Waals surface area contributed by atoms with Crippen LogP contribution in [0.4, 0.5) is 0 Å². The second-order valence-corrected chi connectivity index (χ2v) is 8.68. The van der Waals surface area contributed by atoms with Crippen molar-refractivity contribution in [3.63, 3.8) is 0 Å². The van der Waals surface area contributed by atoms with E-state index in [1.807, 2.05) is 0 Å². The van der Waals surface area contributed by atoms with Gasteiger partial charge in [0.15, 0.2) is 0 Å². The predicted octanol–water partition coefficient (Wildman–Crippen LogP) is 2.80. The van der Waals surface area contributed by atoms with Gasteiger partial charge in [-0.1, -0.05) is 23.7 Å². The Labute approximate surface area is 164 Å². The number of carbonyl (C=O) groups excluding carboxylic acids is 1. The summed E-state index contributed by atoms with van der Waals surface area (Å²) in [6.07, 6.45) is 0. The van der Waals surface area contributed by atoms with Crippen LogP contribution in [0.25, 0.3) is 0 Å². The molecule has 0 bridgehead atoms. The summed E-state index contributed by atoms with van der Waals surface area (Å²) in [6, 6.07) is 11.8. The number of hydrogen-bond acceptors (Lipinski definition) is 4. The quantitative estimate of drug-likeness (QED) is 0.780. The number of aryl methyl sites for hydroxylation is 1. The molecule has 27 heavy (non-hydrogen) atoms. The van der Waals surface area contributed by atoms with Crippen LogP contribution < -0.4 is 4.74 Å². The zero-order chi connectivity index (χ0) is 19.6. The normalized spacial score (nSPS) is 15.6. The second-order valence-electron chi connectivity index (χ2n) is 6.34. The van der Waals surface area contributed by atoms with E-state index in [4.69, 9.17) is 16.3 Å². The number of halogens is 1. The fourth-order valence-corrected chi connectivity index (χ4v) is 4.97. The highest BCUT2D eigenvalue weighted by molar-refractivity contribution is 7.89. The molecule has 1 aliphatic rings. The summed E-state index contributed by atoms with van der Waals surface area (Å²) in [6.45, 7) is 2.88. The van der Waals surface area contributed by atoms with Crippen LogP contribution in [0, 0.1) is 6.92 Å². The number of sulfonamides is 1. The van der Waals surface area contributed by atoms with Crippen molar-refractivity contribution in [1.82, 2.24) is 9.21 Å². The van der Waals surface area contributed by atoms with Crippen LogP contribution in [0.2, 0.25) is 5.02 Å². The molecule has 2 aromatic rings.